The third-order valence-corrected chi connectivity index (χ3v) is 3.66. The lowest BCUT2D eigenvalue weighted by molar-refractivity contribution is 0.299. The molecule has 0 bridgehead atoms. The van der Waals surface area contributed by atoms with E-state index >= 15 is 0 Å². The summed E-state index contributed by atoms with van der Waals surface area (Å²) < 4.78 is 14.0. The molecule has 2 rings (SSSR count). The molecule has 18 heavy (non-hydrogen) atoms. The third-order valence-electron chi connectivity index (χ3n) is 3.66. The lowest BCUT2D eigenvalue weighted by Gasteiger charge is -2.27. The Morgan fingerprint density at radius 3 is 2.72 bits per heavy atom. The van der Waals surface area contributed by atoms with Gasteiger partial charge in [-0.1, -0.05) is 0 Å². The molecule has 2 aliphatic rings. The number of hydrogen-bond donors (Lipinski definition) is 3. The Bertz CT molecular complexity index is 411. The summed E-state index contributed by atoms with van der Waals surface area (Å²) in [7, 11) is 3.73. The van der Waals surface area contributed by atoms with Crippen LogP contribution < -0.4 is 16.5 Å². The Balaban J connectivity index is 2.39. The lowest BCUT2D eigenvalue weighted by Crippen LogP contribution is -2.33. The van der Waals surface area contributed by atoms with Crippen LogP contribution in [0.4, 0.5) is 4.39 Å². The molecule has 1 atom stereocenters. The second-order valence-electron chi connectivity index (χ2n) is 4.53. The molecule has 0 aromatic rings. The van der Waals surface area contributed by atoms with E-state index < -0.39 is 0 Å². The number of allylic oxidation sites excluding steroid dienone is 2. The topological polar surface area (TPSA) is 53.3 Å². The van der Waals surface area contributed by atoms with E-state index in [1.54, 1.807) is 6.20 Å². The quantitative estimate of drug-likeness (QED) is 0.703. The second kappa shape index (κ2) is 5.54. The minimum Gasteiger partial charge on any atom is -0.405 e. The number of likely N-dealkylation sites (N-methyl/N-ethyl adjacent to an activating group) is 1. The fourth-order valence-corrected chi connectivity index (χ4v) is 2.82. The van der Waals surface area contributed by atoms with Crippen molar-refractivity contribution in [3.63, 3.8) is 0 Å². The van der Waals surface area contributed by atoms with Crippen LogP contribution in [0.2, 0.25) is 0 Å². The van der Waals surface area contributed by atoms with Crippen molar-refractivity contribution in [1.82, 2.24) is 15.8 Å². The molecule has 1 heterocycles. The van der Waals surface area contributed by atoms with E-state index in [9.17, 15) is 4.39 Å². The van der Waals surface area contributed by atoms with Gasteiger partial charge < -0.3 is 16.1 Å². The maximum Gasteiger partial charge on any atom is 0.125 e. The van der Waals surface area contributed by atoms with Crippen LogP contribution in [0.1, 0.15) is 19.3 Å². The summed E-state index contributed by atoms with van der Waals surface area (Å²) in [6, 6.07) is 0.102. The predicted octanol–water partition coefficient (Wildman–Crippen LogP) is 1.16. The first-order valence-corrected chi connectivity index (χ1v) is 6.34. The van der Waals surface area contributed by atoms with Crippen LogP contribution in [0.15, 0.2) is 34.9 Å². The van der Waals surface area contributed by atoms with Gasteiger partial charge in [-0.05, 0) is 43.3 Å². The van der Waals surface area contributed by atoms with Crippen LogP contribution in [0.25, 0.3) is 0 Å². The summed E-state index contributed by atoms with van der Waals surface area (Å²) in [5.74, 6) is -0.00724. The molecule has 0 amide bonds. The number of fused-ring (bicyclic) bond motifs is 1. The predicted molar refractivity (Wildman–Crippen MR) is 71.0 cm³/mol. The van der Waals surface area contributed by atoms with Crippen molar-refractivity contribution in [3.05, 3.63) is 34.9 Å². The maximum atomic E-state index is 14.0. The van der Waals surface area contributed by atoms with Crippen molar-refractivity contribution < 1.29 is 4.39 Å². The molecule has 0 saturated carbocycles. The third kappa shape index (κ3) is 2.15. The Morgan fingerprint density at radius 1 is 1.33 bits per heavy atom. The first-order valence-electron chi connectivity index (χ1n) is 6.34. The SMILES string of the molecule is CNC(/C=C\N)C1=C2CCN(NC)C2=C(F)CC1. The molecule has 1 aliphatic heterocycles. The van der Waals surface area contributed by atoms with Gasteiger partial charge in [0.15, 0.2) is 0 Å². The van der Waals surface area contributed by atoms with Gasteiger partial charge in [0.05, 0.1) is 5.70 Å². The van der Waals surface area contributed by atoms with Crippen molar-refractivity contribution in [1.29, 1.82) is 0 Å². The van der Waals surface area contributed by atoms with Crippen molar-refractivity contribution in [2.75, 3.05) is 20.6 Å². The summed E-state index contributed by atoms with van der Waals surface area (Å²) in [5.41, 5.74) is 11.6. The number of halogens is 1. The van der Waals surface area contributed by atoms with E-state index in [1.807, 2.05) is 25.2 Å². The van der Waals surface area contributed by atoms with Crippen LogP contribution in [0.3, 0.4) is 0 Å². The molecule has 1 aliphatic carbocycles. The highest BCUT2D eigenvalue weighted by molar-refractivity contribution is 5.45. The van der Waals surface area contributed by atoms with E-state index in [0.717, 1.165) is 30.7 Å². The largest absolute Gasteiger partial charge is 0.405 e. The minimum absolute atomic E-state index is 0.00724. The zero-order valence-electron chi connectivity index (χ0n) is 11.0. The molecule has 0 aromatic carbocycles. The fourth-order valence-electron chi connectivity index (χ4n) is 2.82. The Morgan fingerprint density at radius 2 is 2.11 bits per heavy atom. The van der Waals surface area contributed by atoms with Gasteiger partial charge in [0.1, 0.15) is 5.83 Å². The second-order valence-corrected chi connectivity index (χ2v) is 4.53. The summed E-state index contributed by atoms with van der Waals surface area (Å²) >= 11 is 0. The first kappa shape index (κ1) is 13.1. The molecular weight excluding hydrogens is 231 g/mol. The Labute approximate surface area is 107 Å². The molecule has 0 spiro atoms. The highest BCUT2D eigenvalue weighted by Crippen LogP contribution is 2.39. The molecule has 1 unspecified atom stereocenters. The number of nitrogens with one attached hydrogen (secondary N) is 2. The van der Waals surface area contributed by atoms with E-state index in [-0.39, 0.29) is 11.9 Å². The smallest absolute Gasteiger partial charge is 0.125 e. The average Bonchev–Trinajstić information content (AvgIpc) is 2.82. The molecule has 4 nitrogen and oxygen atoms in total. The zero-order chi connectivity index (χ0) is 13.1. The Hall–Kier alpha value is -1.33. The van der Waals surface area contributed by atoms with Crippen LogP contribution in [0, 0.1) is 0 Å². The molecule has 0 aromatic heterocycles. The normalized spacial score (nSPS) is 22.1. The number of nitrogens with zero attached hydrogens (tertiary/aromatic N) is 1. The first-order chi connectivity index (χ1) is 8.72. The molecule has 5 heteroatoms. The van der Waals surface area contributed by atoms with Crippen molar-refractivity contribution in [2.45, 2.75) is 25.3 Å². The zero-order valence-corrected chi connectivity index (χ0v) is 11.0. The van der Waals surface area contributed by atoms with E-state index in [0.29, 0.717) is 6.42 Å². The highest BCUT2D eigenvalue weighted by Gasteiger charge is 2.32. The van der Waals surface area contributed by atoms with Crippen LogP contribution >= 0.6 is 0 Å². The molecule has 1 fully saturated rings. The van der Waals surface area contributed by atoms with Gasteiger partial charge in [-0.3, -0.25) is 0 Å². The van der Waals surface area contributed by atoms with Crippen LogP contribution in [-0.2, 0) is 0 Å². The van der Waals surface area contributed by atoms with Crippen molar-refractivity contribution in [2.24, 2.45) is 5.73 Å². The monoisotopic (exact) mass is 252 g/mol. The number of hydrogen-bond acceptors (Lipinski definition) is 4. The summed E-state index contributed by atoms with van der Waals surface area (Å²) in [6.07, 6.45) is 5.59. The standard InChI is InChI=1S/C13H21FN4/c1-16-12(5-7-15)9-3-4-11(14)13-10(9)6-8-18(13)17-2/h5,7,12,16-17H,3-4,6,8,15H2,1-2H3/b7-5-. The van der Waals surface area contributed by atoms with Gasteiger partial charge >= 0.3 is 0 Å². The molecule has 4 N–H and O–H groups in total. The van der Waals surface area contributed by atoms with Gasteiger partial charge in [-0.15, -0.1) is 0 Å². The fraction of sp³-hybridized carbons (Fsp3) is 0.538. The van der Waals surface area contributed by atoms with Gasteiger partial charge in [-0.2, -0.15) is 0 Å². The number of nitrogens with two attached hydrogens (primary N) is 1. The van der Waals surface area contributed by atoms with Gasteiger partial charge in [0.25, 0.3) is 0 Å². The van der Waals surface area contributed by atoms with Crippen molar-refractivity contribution >= 4 is 0 Å². The highest BCUT2D eigenvalue weighted by atomic mass is 19.1. The van der Waals surface area contributed by atoms with E-state index in [4.69, 9.17) is 5.73 Å². The molecule has 0 radical (unpaired) electrons. The number of hydrazine groups is 1. The van der Waals surface area contributed by atoms with Crippen molar-refractivity contribution in [3.8, 4) is 0 Å². The van der Waals surface area contributed by atoms with Crippen LogP contribution in [-0.4, -0.2) is 31.7 Å². The lowest BCUT2D eigenvalue weighted by atomic mass is 9.89. The van der Waals surface area contributed by atoms with E-state index in [2.05, 4.69) is 10.7 Å². The summed E-state index contributed by atoms with van der Waals surface area (Å²) in [5, 5.41) is 5.12. The molecular formula is C13H21FN4. The average molecular weight is 252 g/mol. The number of rotatable bonds is 4. The van der Waals surface area contributed by atoms with Gasteiger partial charge in [0, 0.05) is 26.1 Å². The minimum atomic E-state index is -0.00724. The van der Waals surface area contributed by atoms with Gasteiger partial charge in [-0.25, -0.2) is 9.82 Å². The maximum absolute atomic E-state index is 14.0. The summed E-state index contributed by atoms with van der Waals surface area (Å²) in [6.45, 7) is 0.820. The molecule has 1 saturated heterocycles. The Kier molecular flexibility index (Phi) is 4.04. The van der Waals surface area contributed by atoms with E-state index in [1.165, 1.54) is 5.57 Å². The van der Waals surface area contributed by atoms with Crippen LogP contribution in [0.5, 0.6) is 0 Å². The molecule has 100 valence electrons. The summed E-state index contributed by atoms with van der Waals surface area (Å²) in [4.78, 5) is 0. The van der Waals surface area contributed by atoms with Gasteiger partial charge in [0.2, 0.25) is 0 Å².